The number of hydrogen-bond acceptors (Lipinski definition) is 3. The fraction of sp³-hybridized carbons (Fsp3) is 0.778. The molecule has 1 heterocycles. The van der Waals surface area contributed by atoms with Crippen molar-refractivity contribution in [3.63, 3.8) is 0 Å². The quantitative estimate of drug-likeness (QED) is 0.553. The van der Waals surface area contributed by atoms with E-state index in [1.54, 1.807) is 11.9 Å². The Labute approximate surface area is 89.2 Å². The molecule has 0 spiro atoms. The fourth-order valence-electron chi connectivity index (χ4n) is 1.67. The van der Waals surface area contributed by atoms with Gasteiger partial charge in [-0.25, -0.2) is 4.79 Å². The number of nitrogens with two attached hydrogens (primary N) is 1. The number of nitrogens with zero attached hydrogens (tertiary/aromatic N) is 1. The van der Waals surface area contributed by atoms with Crippen LogP contribution < -0.4 is 16.4 Å². The van der Waals surface area contributed by atoms with Gasteiger partial charge in [-0.05, 0) is 6.42 Å². The van der Waals surface area contributed by atoms with Crippen LogP contribution in [0.4, 0.5) is 4.79 Å². The SMILES string of the molecule is CNC(=O)N1CCC(NCCC(N)=O)C1. The van der Waals surface area contributed by atoms with E-state index in [0.29, 0.717) is 19.5 Å². The van der Waals surface area contributed by atoms with Gasteiger partial charge in [-0.1, -0.05) is 0 Å². The number of likely N-dealkylation sites (tertiary alicyclic amines) is 1. The summed E-state index contributed by atoms with van der Waals surface area (Å²) in [6, 6.07) is 0.232. The summed E-state index contributed by atoms with van der Waals surface area (Å²) in [5.41, 5.74) is 5.02. The second kappa shape index (κ2) is 5.55. The Morgan fingerprint density at radius 3 is 2.87 bits per heavy atom. The number of rotatable bonds is 4. The molecule has 0 bridgehead atoms. The van der Waals surface area contributed by atoms with Crippen molar-refractivity contribution in [3.05, 3.63) is 0 Å². The van der Waals surface area contributed by atoms with Gasteiger partial charge in [-0.15, -0.1) is 0 Å². The lowest BCUT2D eigenvalue weighted by molar-refractivity contribution is -0.117. The minimum absolute atomic E-state index is 0.0470. The van der Waals surface area contributed by atoms with Crippen molar-refractivity contribution in [2.75, 3.05) is 26.7 Å². The van der Waals surface area contributed by atoms with E-state index in [9.17, 15) is 9.59 Å². The predicted octanol–water partition coefficient (Wildman–Crippen LogP) is -1.13. The summed E-state index contributed by atoms with van der Waals surface area (Å²) in [5.74, 6) is -0.302. The Morgan fingerprint density at radius 1 is 1.53 bits per heavy atom. The third-order valence-corrected chi connectivity index (χ3v) is 2.49. The van der Waals surface area contributed by atoms with E-state index in [0.717, 1.165) is 13.0 Å². The lowest BCUT2D eigenvalue weighted by Crippen LogP contribution is -2.39. The first-order valence-electron chi connectivity index (χ1n) is 5.12. The number of nitrogens with one attached hydrogen (secondary N) is 2. The van der Waals surface area contributed by atoms with E-state index in [4.69, 9.17) is 5.73 Å². The molecular weight excluding hydrogens is 196 g/mol. The van der Waals surface area contributed by atoms with Gasteiger partial charge in [0, 0.05) is 39.1 Å². The molecule has 0 saturated carbocycles. The molecule has 1 aliphatic rings. The maximum absolute atomic E-state index is 11.3. The molecule has 1 unspecified atom stereocenters. The highest BCUT2D eigenvalue weighted by atomic mass is 16.2. The van der Waals surface area contributed by atoms with Crippen LogP contribution in [-0.2, 0) is 4.79 Å². The van der Waals surface area contributed by atoms with Crippen molar-refractivity contribution in [3.8, 4) is 0 Å². The first-order chi connectivity index (χ1) is 7.13. The number of carbonyl (C=O) groups is 2. The first-order valence-corrected chi connectivity index (χ1v) is 5.12. The van der Waals surface area contributed by atoms with Crippen LogP contribution in [0.2, 0.25) is 0 Å². The van der Waals surface area contributed by atoms with E-state index in [2.05, 4.69) is 10.6 Å². The lowest BCUT2D eigenvalue weighted by atomic mass is 10.2. The molecule has 6 heteroatoms. The summed E-state index contributed by atoms with van der Waals surface area (Å²) in [6.07, 6.45) is 1.27. The second-order valence-corrected chi connectivity index (χ2v) is 3.66. The summed E-state index contributed by atoms with van der Waals surface area (Å²) >= 11 is 0. The molecule has 0 aromatic carbocycles. The van der Waals surface area contributed by atoms with Gasteiger partial charge in [0.25, 0.3) is 0 Å². The molecule has 0 aromatic rings. The molecular formula is C9H18N4O2. The second-order valence-electron chi connectivity index (χ2n) is 3.66. The molecule has 15 heavy (non-hydrogen) atoms. The van der Waals surface area contributed by atoms with E-state index in [1.807, 2.05) is 0 Å². The minimum atomic E-state index is -0.302. The van der Waals surface area contributed by atoms with Gasteiger partial charge in [0.1, 0.15) is 0 Å². The van der Waals surface area contributed by atoms with Crippen molar-refractivity contribution >= 4 is 11.9 Å². The lowest BCUT2D eigenvalue weighted by Gasteiger charge is -2.16. The Kier molecular flexibility index (Phi) is 4.36. The predicted molar refractivity (Wildman–Crippen MR) is 56.2 cm³/mol. The Morgan fingerprint density at radius 2 is 2.27 bits per heavy atom. The average Bonchev–Trinajstić information content (AvgIpc) is 2.65. The standard InChI is InChI=1S/C9H18N4O2/c1-11-9(15)13-5-3-7(6-13)12-4-2-8(10)14/h7,12H,2-6H2,1H3,(H2,10,14)(H,11,15). The van der Waals surface area contributed by atoms with E-state index < -0.39 is 0 Å². The highest BCUT2D eigenvalue weighted by Gasteiger charge is 2.24. The average molecular weight is 214 g/mol. The normalized spacial score (nSPS) is 20.3. The minimum Gasteiger partial charge on any atom is -0.370 e. The third-order valence-electron chi connectivity index (χ3n) is 2.49. The van der Waals surface area contributed by atoms with Crippen LogP contribution in [0.3, 0.4) is 0 Å². The van der Waals surface area contributed by atoms with Crippen molar-refractivity contribution in [1.82, 2.24) is 15.5 Å². The van der Waals surface area contributed by atoms with Gasteiger partial charge in [0.05, 0.1) is 0 Å². The highest BCUT2D eigenvalue weighted by molar-refractivity contribution is 5.74. The van der Waals surface area contributed by atoms with Gasteiger partial charge in [-0.2, -0.15) is 0 Å². The van der Waals surface area contributed by atoms with Crippen molar-refractivity contribution in [1.29, 1.82) is 0 Å². The largest absolute Gasteiger partial charge is 0.370 e. The monoisotopic (exact) mass is 214 g/mol. The molecule has 1 atom stereocenters. The van der Waals surface area contributed by atoms with Crippen molar-refractivity contribution in [2.45, 2.75) is 18.9 Å². The van der Waals surface area contributed by atoms with E-state index in [-0.39, 0.29) is 18.0 Å². The Bertz CT molecular complexity index is 244. The van der Waals surface area contributed by atoms with Crippen LogP contribution in [0.5, 0.6) is 0 Å². The molecule has 1 aliphatic heterocycles. The molecule has 1 rings (SSSR count). The fourth-order valence-corrected chi connectivity index (χ4v) is 1.67. The molecule has 0 aromatic heterocycles. The highest BCUT2D eigenvalue weighted by Crippen LogP contribution is 2.08. The maximum atomic E-state index is 11.3. The van der Waals surface area contributed by atoms with Crippen LogP contribution in [0.25, 0.3) is 0 Å². The Hall–Kier alpha value is -1.30. The summed E-state index contributed by atoms with van der Waals surface area (Å²) in [5, 5.41) is 5.79. The summed E-state index contributed by atoms with van der Waals surface area (Å²) < 4.78 is 0. The molecule has 1 fully saturated rings. The van der Waals surface area contributed by atoms with Gasteiger partial charge < -0.3 is 21.3 Å². The van der Waals surface area contributed by atoms with Crippen molar-refractivity contribution < 1.29 is 9.59 Å². The van der Waals surface area contributed by atoms with Crippen LogP contribution in [0.15, 0.2) is 0 Å². The number of urea groups is 1. The van der Waals surface area contributed by atoms with Gasteiger partial charge in [0.2, 0.25) is 5.91 Å². The Balaban J connectivity index is 2.19. The van der Waals surface area contributed by atoms with Gasteiger partial charge in [0.15, 0.2) is 0 Å². The molecule has 0 aliphatic carbocycles. The molecule has 6 nitrogen and oxygen atoms in total. The number of primary amides is 1. The number of carbonyl (C=O) groups excluding carboxylic acids is 2. The molecule has 3 amide bonds. The number of amides is 3. The smallest absolute Gasteiger partial charge is 0.317 e. The third kappa shape index (κ3) is 3.75. The molecule has 4 N–H and O–H groups in total. The van der Waals surface area contributed by atoms with Gasteiger partial charge >= 0.3 is 6.03 Å². The number of hydrogen-bond donors (Lipinski definition) is 3. The van der Waals surface area contributed by atoms with Gasteiger partial charge in [-0.3, -0.25) is 4.79 Å². The van der Waals surface area contributed by atoms with Crippen LogP contribution in [0.1, 0.15) is 12.8 Å². The zero-order valence-electron chi connectivity index (χ0n) is 8.95. The van der Waals surface area contributed by atoms with E-state index >= 15 is 0 Å². The maximum Gasteiger partial charge on any atom is 0.317 e. The molecule has 1 saturated heterocycles. The molecule has 0 radical (unpaired) electrons. The first kappa shape index (κ1) is 11.8. The zero-order valence-corrected chi connectivity index (χ0v) is 8.95. The van der Waals surface area contributed by atoms with E-state index in [1.165, 1.54) is 0 Å². The summed E-state index contributed by atoms with van der Waals surface area (Å²) in [7, 11) is 1.62. The van der Waals surface area contributed by atoms with Crippen LogP contribution >= 0.6 is 0 Å². The van der Waals surface area contributed by atoms with Crippen LogP contribution in [0, 0.1) is 0 Å². The zero-order chi connectivity index (χ0) is 11.3. The van der Waals surface area contributed by atoms with Crippen LogP contribution in [-0.4, -0.2) is 49.6 Å². The van der Waals surface area contributed by atoms with Crippen molar-refractivity contribution in [2.24, 2.45) is 5.73 Å². The summed E-state index contributed by atoms with van der Waals surface area (Å²) in [4.78, 5) is 23.5. The summed E-state index contributed by atoms with van der Waals surface area (Å²) in [6.45, 7) is 2.04. The topological polar surface area (TPSA) is 87.5 Å². The molecule has 86 valence electrons.